The zero-order valence-electron chi connectivity index (χ0n) is 16.4. The first kappa shape index (κ1) is 17.3. The Kier molecular flexibility index (Phi) is 3.84. The topological polar surface area (TPSA) is 75.8 Å². The van der Waals surface area contributed by atoms with Gasteiger partial charge < -0.3 is 19.3 Å². The highest BCUT2D eigenvalue weighted by atomic mass is 16.5. The van der Waals surface area contributed by atoms with Gasteiger partial charge in [-0.25, -0.2) is 4.79 Å². The fourth-order valence-corrected chi connectivity index (χ4v) is 6.18. The maximum Gasteiger partial charge on any atom is 0.407 e. The molecule has 1 aromatic heterocycles. The van der Waals surface area contributed by atoms with Crippen LogP contribution in [0.15, 0.2) is 4.52 Å². The van der Waals surface area contributed by atoms with E-state index in [0.29, 0.717) is 36.3 Å². The predicted molar refractivity (Wildman–Crippen MR) is 101 cm³/mol. The van der Waals surface area contributed by atoms with Gasteiger partial charge >= 0.3 is 6.09 Å². The van der Waals surface area contributed by atoms with Crippen molar-refractivity contribution in [2.45, 2.75) is 94.8 Å². The molecular formula is C22H30N2O4. The fraction of sp³-hybridized carbons (Fsp3) is 0.818. The molecule has 152 valence electrons. The van der Waals surface area contributed by atoms with Gasteiger partial charge in [0.05, 0.1) is 18.4 Å². The van der Waals surface area contributed by atoms with Gasteiger partial charge in [0.2, 0.25) is 0 Å². The van der Waals surface area contributed by atoms with E-state index in [9.17, 15) is 9.90 Å². The van der Waals surface area contributed by atoms with E-state index in [0.717, 1.165) is 18.6 Å². The highest BCUT2D eigenvalue weighted by Crippen LogP contribution is 2.59. The average Bonchev–Trinajstić information content (AvgIpc) is 3.55. The number of amides is 1. The van der Waals surface area contributed by atoms with Crippen LogP contribution in [0.1, 0.15) is 93.1 Å². The van der Waals surface area contributed by atoms with Gasteiger partial charge in [-0.3, -0.25) is 0 Å². The summed E-state index contributed by atoms with van der Waals surface area (Å²) < 4.78 is 12.2. The summed E-state index contributed by atoms with van der Waals surface area (Å²) in [7, 11) is 0. The molecule has 2 bridgehead atoms. The summed E-state index contributed by atoms with van der Waals surface area (Å²) in [5.74, 6) is 2.50. The second-order valence-electron chi connectivity index (χ2n) is 10.1. The van der Waals surface area contributed by atoms with Gasteiger partial charge in [0.25, 0.3) is 0 Å². The Hall–Kier alpha value is -1.56. The molecule has 1 aromatic rings. The summed E-state index contributed by atoms with van der Waals surface area (Å²) >= 11 is 0. The van der Waals surface area contributed by atoms with Crippen LogP contribution in [-0.2, 0) is 11.3 Å². The number of ether oxygens (including phenoxy) is 1. The second kappa shape index (κ2) is 6.22. The molecule has 6 rings (SSSR count). The van der Waals surface area contributed by atoms with Crippen molar-refractivity contribution in [2.75, 3.05) is 6.54 Å². The number of likely N-dealkylation sites (tertiary alicyclic amines) is 1. The first-order valence-corrected chi connectivity index (χ1v) is 11.2. The molecular weight excluding hydrogens is 356 g/mol. The molecule has 1 amide bonds. The molecule has 28 heavy (non-hydrogen) atoms. The van der Waals surface area contributed by atoms with Crippen LogP contribution in [0.25, 0.3) is 0 Å². The number of carbonyl (C=O) groups is 1. The molecule has 1 N–H and O–H groups in total. The summed E-state index contributed by atoms with van der Waals surface area (Å²) in [6, 6.07) is 0.144. The monoisotopic (exact) mass is 386 g/mol. The minimum Gasteiger partial charge on any atom is -0.465 e. The van der Waals surface area contributed by atoms with E-state index < -0.39 is 6.09 Å². The van der Waals surface area contributed by atoms with E-state index in [-0.39, 0.29) is 12.1 Å². The molecule has 5 aliphatic rings. The smallest absolute Gasteiger partial charge is 0.407 e. The van der Waals surface area contributed by atoms with Crippen LogP contribution in [0.2, 0.25) is 0 Å². The third-order valence-electron chi connectivity index (χ3n) is 8.35. The van der Waals surface area contributed by atoms with E-state index in [1.165, 1.54) is 62.6 Å². The average molecular weight is 386 g/mol. The first-order valence-electron chi connectivity index (χ1n) is 11.2. The summed E-state index contributed by atoms with van der Waals surface area (Å²) in [5.41, 5.74) is 3.10. The van der Waals surface area contributed by atoms with Crippen LogP contribution >= 0.6 is 0 Å². The number of hydrogen-bond acceptors (Lipinski definition) is 4. The van der Waals surface area contributed by atoms with Crippen LogP contribution in [0, 0.1) is 11.3 Å². The van der Waals surface area contributed by atoms with Gasteiger partial charge in [0, 0.05) is 35.9 Å². The molecule has 0 unspecified atom stereocenters. The SMILES string of the molecule is O=C(O)N1C[C@@H]2C[C@H]1C[C@H]2OCc1c(C2CCC3(CC2)CC3)noc1C1CC1. The lowest BCUT2D eigenvalue weighted by Gasteiger charge is -2.30. The van der Waals surface area contributed by atoms with E-state index in [1.54, 1.807) is 4.90 Å². The van der Waals surface area contributed by atoms with Crippen molar-refractivity contribution < 1.29 is 19.2 Å². The number of hydrogen-bond donors (Lipinski definition) is 1. The molecule has 0 radical (unpaired) electrons. The molecule has 1 spiro atoms. The lowest BCUT2D eigenvalue weighted by Crippen LogP contribution is -2.41. The number of rotatable bonds is 5. The zero-order chi connectivity index (χ0) is 18.9. The summed E-state index contributed by atoms with van der Waals surface area (Å²) in [4.78, 5) is 12.9. The van der Waals surface area contributed by atoms with Gasteiger partial charge in [-0.1, -0.05) is 5.16 Å². The van der Waals surface area contributed by atoms with Gasteiger partial charge in [0.1, 0.15) is 5.76 Å². The molecule has 4 aliphatic carbocycles. The minimum absolute atomic E-state index is 0.144. The molecule has 0 aromatic carbocycles. The van der Waals surface area contributed by atoms with Gasteiger partial charge in [-0.2, -0.15) is 0 Å². The molecule has 6 nitrogen and oxygen atoms in total. The van der Waals surface area contributed by atoms with Crippen molar-refractivity contribution in [3.63, 3.8) is 0 Å². The number of aromatic nitrogens is 1. The number of piperidine rings is 1. The van der Waals surface area contributed by atoms with Crippen LogP contribution < -0.4 is 0 Å². The van der Waals surface area contributed by atoms with Crippen LogP contribution in [0.3, 0.4) is 0 Å². The Labute approximate surface area is 165 Å². The first-order chi connectivity index (χ1) is 13.6. The normalized spacial score (nSPS) is 33.7. The van der Waals surface area contributed by atoms with Crippen LogP contribution in [0.4, 0.5) is 4.79 Å². The predicted octanol–water partition coefficient (Wildman–Crippen LogP) is 4.65. The third kappa shape index (κ3) is 2.87. The fourth-order valence-electron chi connectivity index (χ4n) is 6.18. The molecule has 2 heterocycles. The second-order valence-corrected chi connectivity index (χ2v) is 10.1. The van der Waals surface area contributed by atoms with Crippen molar-refractivity contribution in [2.24, 2.45) is 11.3 Å². The maximum atomic E-state index is 11.3. The quantitative estimate of drug-likeness (QED) is 0.797. The van der Waals surface area contributed by atoms with Crippen LogP contribution in [-0.4, -0.2) is 39.9 Å². The van der Waals surface area contributed by atoms with Gasteiger partial charge in [-0.05, 0) is 69.6 Å². The Morgan fingerprint density at radius 1 is 1.14 bits per heavy atom. The third-order valence-corrected chi connectivity index (χ3v) is 8.35. The summed E-state index contributed by atoms with van der Waals surface area (Å²) in [6.45, 7) is 1.22. The molecule has 1 saturated heterocycles. The Morgan fingerprint density at radius 2 is 1.93 bits per heavy atom. The Bertz CT molecular complexity index is 771. The maximum absolute atomic E-state index is 11.3. The standard InChI is InChI=1S/C22H30N2O4/c25-21(26)24-11-15-9-16(24)10-18(15)27-12-17-19(23-28-20(17)14-1-2-14)13-3-5-22(6-4-13)7-8-22/h13-16,18H,1-12H2,(H,25,26)/t15-,16-,18+/m0/s1. The van der Waals surface area contributed by atoms with Crippen molar-refractivity contribution in [3.05, 3.63) is 17.0 Å². The lowest BCUT2D eigenvalue weighted by atomic mass is 9.77. The van der Waals surface area contributed by atoms with Crippen molar-refractivity contribution in [1.29, 1.82) is 0 Å². The molecule has 5 fully saturated rings. The lowest BCUT2D eigenvalue weighted by molar-refractivity contribution is -0.00841. The molecule has 3 atom stereocenters. The van der Waals surface area contributed by atoms with E-state index >= 15 is 0 Å². The molecule has 1 aliphatic heterocycles. The highest BCUT2D eigenvalue weighted by Gasteiger charge is 2.48. The van der Waals surface area contributed by atoms with Crippen molar-refractivity contribution >= 4 is 6.09 Å². The van der Waals surface area contributed by atoms with Crippen molar-refractivity contribution in [3.8, 4) is 0 Å². The molecule has 6 heteroatoms. The number of carboxylic acid groups (broad SMARTS) is 1. The van der Waals surface area contributed by atoms with E-state index in [1.807, 2.05) is 0 Å². The van der Waals surface area contributed by atoms with Crippen LogP contribution in [0.5, 0.6) is 0 Å². The highest BCUT2D eigenvalue weighted by molar-refractivity contribution is 5.66. The van der Waals surface area contributed by atoms with Gasteiger partial charge in [0.15, 0.2) is 0 Å². The molecule has 4 saturated carbocycles. The van der Waals surface area contributed by atoms with Gasteiger partial charge in [-0.15, -0.1) is 0 Å². The van der Waals surface area contributed by atoms with Crippen molar-refractivity contribution in [1.82, 2.24) is 10.1 Å². The Balaban J connectivity index is 1.15. The number of fused-ring (bicyclic) bond motifs is 2. The summed E-state index contributed by atoms with van der Waals surface area (Å²) in [6.07, 6.45) is 11.6. The Morgan fingerprint density at radius 3 is 2.54 bits per heavy atom. The minimum atomic E-state index is -0.783. The zero-order valence-corrected chi connectivity index (χ0v) is 16.4. The summed E-state index contributed by atoms with van der Waals surface area (Å²) in [5, 5.41) is 13.8. The number of nitrogens with zero attached hydrogens (tertiary/aromatic N) is 2. The van der Waals surface area contributed by atoms with E-state index in [4.69, 9.17) is 9.26 Å². The largest absolute Gasteiger partial charge is 0.465 e. The van der Waals surface area contributed by atoms with E-state index in [2.05, 4.69) is 5.16 Å².